The van der Waals surface area contributed by atoms with Crippen molar-refractivity contribution in [2.45, 2.75) is 6.61 Å². The third-order valence-electron chi connectivity index (χ3n) is 3.15. The lowest BCUT2D eigenvalue weighted by Gasteiger charge is -2.09. The Morgan fingerprint density at radius 1 is 1.29 bits per heavy atom. The van der Waals surface area contributed by atoms with Gasteiger partial charge in [-0.15, -0.1) is 11.3 Å². The molecule has 0 radical (unpaired) electrons. The second kappa shape index (κ2) is 7.79. The van der Waals surface area contributed by atoms with Gasteiger partial charge in [0.1, 0.15) is 12.4 Å². The minimum absolute atomic E-state index is 0.252. The van der Waals surface area contributed by atoms with Gasteiger partial charge in [-0.1, -0.05) is 33.6 Å². The summed E-state index contributed by atoms with van der Waals surface area (Å²) in [5.41, 5.74) is 3.66. The predicted molar refractivity (Wildman–Crippen MR) is 100.0 cm³/mol. The zero-order valence-corrected chi connectivity index (χ0v) is 15.5. The molecule has 0 bridgehead atoms. The molecule has 1 aromatic heterocycles. The number of nitrogens with zero attached hydrogens (tertiary/aromatic N) is 1. The smallest absolute Gasteiger partial charge is 0.255 e. The molecule has 24 heavy (non-hydrogen) atoms. The average Bonchev–Trinajstić information content (AvgIpc) is 3.09. The summed E-state index contributed by atoms with van der Waals surface area (Å²) < 4.78 is 6.51. The number of carbonyl (C=O) groups is 1. The summed E-state index contributed by atoms with van der Waals surface area (Å²) in [5, 5.41) is 5.18. The van der Waals surface area contributed by atoms with E-state index in [1.54, 1.807) is 41.9 Å². The maximum Gasteiger partial charge on any atom is 0.255 e. The molecule has 1 N–H and O–H groups in total. The van der Waals surface area contributed by atoms with Crippen LogP contribution in [0.15, 0.2) is 57.8 Å². The van der Waals surface area contributed by atoms with Crippen molar-refractivity contribution in [2.75, 3.05) is 5.32 Å². The predicted octanol–water partition coefficient (Wildman–Crippen LogP) is 5.39. The van der Waals surface area contributed by atoms with Gasteiger partial charge in [0.25, 0.3) is 5.91 Å². The molecule has 7 heteroatoms. The summed E-state index contributed by atoms with van der Waals surface area (Å²) in [6.07, 6.45) is 0. The topological polar surface area (TPSA) is 51.2 Å². The first-order chi connectivity index (χ1) is 11.6. The number of thiazole rings is 1. The Morgan fingerprint density at radius 2 is 2.17 bits per heavy atom. The van der Waals surface area contributed by atoms with Crippen LogP contribution in [-0.2, 0) is 6.61 Å². The van der Waals surface area contributed by atoms with Crippen LogP contribution in [0.4, 0.5) is 5.69 Å². The summed E-state index contributed by atoms with van der Waals surface area (Å²) in [6.45, 7) is 0.368. The molecule has 0 spiro atoms. The van der Waals surface area contributed by atoms with Crippen molar-refractivity contribution >= 4 is 50.5 Å². The minimum atomic E-state index is -0.252. The molecule has 2 aromatic carbocycles. The van der Waals surface area contributed by atoms with Gasteiger partial charge in [0.15, 0.2) is 0 Å². The highest BCUT2D eigenvalue weighted by molar-refractivity contribution is 9.10. The van der Waals surface area contributed by atoms with Gasteiger partial charge in [0.05, 0.1) is 21.9 Å². The molecule has 0 fully saturated rings. The average molecular weight is 424 g/mol. The number of halogens is 2. The van der Waals surface area contributed by atoms with E-state index in [1.165, 1.54) is 11.3 Å². The van der Waals surface area contributed by atoms with E-state index >= 15 is 0 Å². The molecule has 0 aliphatic carbocycles. The second-order valence-electron chi connectivity index (χ2n) is 4.87. The molecule has 1 amide bonds. The largest absolute Gasteiger partial charge is 0.487 e. The van der Waals surface area contributed by atoms with Crippen LogP contribution < -0.4 is 10.1 Å². The van der Waals surface area contributed by atoms with Crippen LogP contribution in [0.5, 0.6) is 5.75 Å². The molecule has 1 heterocycles. The third kappa shape index (κ3) is 4.35. The highest BCUT2D eigenvalue weighted by Gasteiger charge is 2.10. The molecule has 0 aliphatic heterocycles. The van der Waals surface area contributed by atoms with Crippen molar-refractivity contribution in [3.05, 3.63) is 74.1 Å². The molecule has 0 saturated heterocycles. The van der Waals surface area contributed by atoms with Crippen LogP contribution >= 0.6 is 38.9 Å². The quantitative estimate of drug-likeness (QED) is 0.598. The first kappa shape index (κ1) is 17.0. The van der Waals surface area contributed by atoms with E-state index in [2.05, 4.69) is 26.2 Å². The van der Waals surface area contributed by atoms with E-state index in [4.69, 9.17) is 16.3 Å². The number of amides is 1. The third-order valence-corrected chi connectivity index (χ3v) is 4.59. The minimum Gasteiger partial charge on any atom is -0.487 e. The van der Waals surface area contributed by atoms with E-state index in [9.17, 15) is 4.79 Å². The van der Waals surface area contributed by atoms with Crippen molar-refractivity contribution in [3.8, 4) is 5.75 Å². The van der Waals surface area contributed by atoms with Crippen LogP contribution in [0.25, 0.3) is 0 Å². The van der Waals surface area contributed by atoms with Crippen LogP contribution in [0.3, 0.4) is 0 Å². The molecule has 122 valence electrons. The Hall–Kier alpha value is -1.89. The molecule has 0 unspecified atom stereocenters. The summed E-state index contributed by atoms with van der Waals surface area (Å²) >= 11 is 11.0. The van der Waals surface area contributed by atoms with Gasteiger partial charge < -0.3 is 10.1 Å². The molecule has 3 aromatic rings. The molecule has 0 aliphatic rings. The Balaban J connectivity index is 1.69. The lowest BCUT2D eigenvalue weighted by atomic mass is 10.2. The number of rotatable bonds is 5. The lowest BCUT2D eigenvalue weighted by molar-refractivity contribution is 0.102. The monoisotopic (exact) mass is 422 g/mol. The van der Waals surface area contributed by atoms with Crippen molar-refractivity contribution < 1.29 is 9.53 Å². The Morgan fingerprint density at radius 3 is 2.92 bits per heavy atom. The van der Waals surface area contributed by atoms with E-state index in [0.717, 1.165) is 10.2 Å². The van der Waals surface area contributed by atoms with Gasteiger partial charge in [-0.2, -0.15) is 0 Å². The van der Waals surface area contributed by atoms with E-state index in [1.807, 2.05) is 11.4 Å². The van der Waals surface area contributed by atoms with Crippen LogP contribution in [0.1, 0.15) is 16.1 Å². The Labute approximate surface area is 156 Å². The highest BCUT2D eigenvalue weighted by atomic mass is 79.9. The first-order valence-corrected chi connectivity index (χ1v) is 9.09. The lowest BCUT2D eigenvalue weighted by Crippen LogP contribution is -2.12. The van der Waals surface area contributed by atoms with E-state index in [-0.39, 0.29) is 5.91 Å². The van der Waals surface area contributed by atoms with E-state index < -0.39 is 0 Å². The van der Waals surface area contributed by atoms with Crippen LogP contribution in [0.2, 0.25) is 5.02 Å². The summed E-state index contributed by atoms with van der Waals surface area (Å²) in [7, 11) is 0. The maximum atomic E-state index is 12.4. The first-order valence-electron chi connectivity index (χ1n) is 6.98. The van der Waals surface area contributed by atoms with Gasteiger partial charge in [0, 0.05) is 15.4 Å². The number of aromatic nitrogens is 1. The summed E-state index contributed by atoms with van der Waals surface area (Å²) in [4.78, 5) is 16.5. The zero-order valence-electron chi connectivity index (χ0n) is 12.3. The number of ether oxygens (including phenoxy) is 1. The SMILES string of the molecule is O=C(Nc1ccc(Br)cc1Cl)c1cccc(OCc2cscn2)c1. The van der Waals surface area contributed by atoms with Gasteiger partial charge in [-0.05, 0) is 36.4 Å². The Bertz CT molecular complexity index is 856. The van der Waals surface area contributed by atoms with E-state index in [0.29, 0.717) is 28.6 Å². The molecular formula is C17H12BrClN2O2S. The highest BCUT2D eigenvalue weighted by Crippen LogP contribution is 2.26. The second-order valence-corrected chi connectivity index (χ2v) is 6.92. The standard InChI is InChI=1S/C17H12BrClN2O2S/c18-12-4-5-16(15(19)7-12)21-17(22)11-2-1-3-14(6-11)23-8-13-9-24-10-20-13/h1-7,9-10H,8H2,(H,21,22). The molecule has 0 saturated carbocycles. The number of nitrogens with one attached hydrogen (secondary N) is 1. The number of hydrogen-bond donors (Lipinski definition) is 1. The molecule has 3 rings (SSSR count). The zero-order chi connectivity index (χ0) is 16.9. The van der Waals surface area contributed by atoms with Crippen LogP contribution in [-0.4, -0.2) is 10.9 Å². The maximum absolute atomic E-state index is 12.4. The van der Waals surface area contributed by atoms with Crippen molar-refractivity contribution in [3.63, 3.8) is 0 Å². The number of carbonyl (C=O) groups excluding carboxylic acids is 1. The van der Waals surface area contributed by atoms with Crippen molar-refractivity contribution in [1.82, 2.24) is 4.98 Å². The fraction of sp³-hybridized carbons (Fsp3) is 0.0588. The van der Waals surface area contributed by atoms with Gasteiger partial charge in [-0.25, -0.2) is 4.98 Å². The van der Waals surface area contributed by atoms with Gasteiger partial charge in [-0.3, -0.25) is 4.79 Å². The summed E-state index contributed by atoms with van der Waals surface area (Å²) in [6, 6.07) is 12.3. The number of benzene rings is 2. The fourth-order valence-electron chi connectivity index (χ4n) is 1.98. The number of anilines is 1. The fourth-order valence-corrected chi connectivity index (χ4v) is 3.24. The molecule has 0 atom stereocenters. The van der Waals surface area contributed by atoms with Gasteiger partial charge in [0.2, 0.25) is 0 Å². The van der Waals surface area contributed by atoms with Crippen LogP contribution in [0, 0.1) is 0 Å². The Kier molecular flexibility index (Phi) is 5.50. The molecule has 4 nitrogen and oxygen atoms in total. The number of hydrogen-bond acceptors (Lipinski definition) is 4. The molecular weight excluding hydrogens is 412 g/mol. The normalized spacial score (nSPS) is 10.4. The van der Waals surface area contributed by atoms with Crippen molar-refractivity contribution in [2.24, 2.45) is 0 Å². The summed E-state index contributed by atoms with van der Waals surface area (Å²) in [5.74, 6) is 0.357. The van der Waals surface area contributed by atoms with Crippen molar-refractivity contribution in [1.29, 1.82) is 0 Å². The van der Waals surface area contributed by atoms with Gasteiger partial charge >= 0.3 is 0 Å².